The van der Waals surface area contributed by atoms with E-state index < -0.39 is 0 Å². The Kier molecular flexibility index (Phi) is 6.10. The van der Waals surface area contributed by atoms with E-state index in [9.17, 15) is 4.79 Å². The Morgan fingerprint density at radius 2 is 2.47 bits per heavy atom. The molecule has 1 aromatic heterocycles. The summed E-state index contributed by atoms with van der Waals surface area (Å²) in [5.74, 6) is 4.10. The van der Waals surface area contributed by atoms with E-state index in [4.69, 9.17) is 0 Å². The van der Waals surface area contributed by atoms with Crippen molar-refractivity contribution < 1.29 is 4.79 Å². The summed E-state index contributed by atoms with van der Waals surface area (Å²) in [6, 6.07) is 1.92. The SMILES string of the molecule is CC(CNC(=O)CC1CSCCS1)Cn1cccn1. The highest BCUT2D eigenvalue weighted by Gasteiger charge is 2.18. The molecule has 4 nitrogen and oxygen atoms in total. The topological polar surface area (TPSA) is 46.9 Å². The number of carbonyl (C=O) groups excluding carboxylic acids is 1. The van der Waals surface area contributed by atoms with Gasteiger partial charge in [-0.3, -0.25) is 9.48 Å². The molecule has 1 fully saturated rings. The van der Waals surface area contributed by atoms with Gasteiger partial charge >= 0.3 is 0 Å². The monoisotopic (exact) mass is 299 g/mol. The summed E-state index contributed by atoms with van der Waals surface area (Å²) < 4.78 is 1.91. The van der Waals surface area contributed by atoms with Crippen LogP contribution in [0.4, 0.5) is 0 Å². The number of nitrogens with zero attached hydrogens (tertiary/aromatic N) is 2. The van der Waals surface area contributed by atoms with Gasteiger partial charge in [0.2, 0.25) is 5.91 Å². The minimum absolute atomic E-state index is 0.187. The van der Waals surface area contributed by atoms with Crippen molar-refractivity contribution in [3.63, 3.8) is 0 Å². The van der Waals surface area contributed by atoms with Crippen LogP contribution in [0.3, 0.4) is 0 Å². The van der Waals surface area contributed by atoms with Crippen LogP contribution in [0, 0.1) is 5.92 Å². The summed E-state index contributed by atoms with van der Waals surface area (Å²) in [7, 11) is 0. The van der Waals surface area contributed by atoms with Crippen molar-refractivity contribution in [1.29, 1.82) is 0 Å². The first-order valence-corrected chi connectivity index (χ1v) is 8.88. The molecule has 1 aliphatic heterocycles. The van der Waals surface area contributed by atoms with E-state index in [1.807, 2.05) is 40.5 Å². The molecular formula is C13H21N3OS2. The highest BCUT2D eigenvalue weighted by Crippen LogP contribution is 2.26. The van der Waals surface area contributed by atoms with Crippen LogP contribution in [0.1, 0.15) is 13.3 Å². The van der Waals surface area contributed by atoms with E-state index in [0.29, 0.717) is 17.6 Å². The predicted molar refractivity (Wildman–Crippen MR) is 82.6 cm³/mol. The van der Waals surface area contributed by atoms with Crippen LogP contribution in [0.15, 0.2) is 18.5 Å². The Morgan fingerprint density at radius 1 is 1.58 bits per heavy atom. The number of rotatable bonds is 6. The van der Waals surface area contributed by atoms with Crippen molar-refractivity contribution in [2.75, 3.05) is 23.8 Å². The minimum Gasteiger partial charge on any atom is -0.356 e. The van der Waals surface area contributed by atoms with Gasteiger partial charge in [-0.2, -0.15) is 28.6 Å². The molecule has 1 aromatic rings. The maximum absolute atomic E-state index is 11.9. The molecule has 2 atom stereocenters. The van der Waals surface area contributed by atoms with E-state index in [2.05, 4.69) is 17.3 Å². The Morgan fingerprint density at radius 3 is 3.16 bits per heavy atom. The van der Waals surface area contributed by atoms with Gasteiger partial charge in [0.1, 0.15) is 0 Å². The Balaban J connectivity index is 1.62. The van der Waals surface area contributed by atoms with Crippen LogP contribution in [0.25, 0.3) is 0 Å². The molecule has 2 unspecified atom stereocenters. The Labute approximate surface area is 123 Å². The molecule has 1 saturated heterocycles. The van der Waals surface area contributed by atoms with Crippen LogP contribution >= 0.6 is 23.5 Å². The summed E-state index contributed by atoms with van der Waals surface area (Å²) in [6.45, 7) is 3.71. The van der Waals surface area contributed by atoms with Crippen molar-refractivity contribution in [3.8, 4) is 0 Å². The van der Waals surface area contributed by atoms with Crippen molar-refractivity contribution in [2.45, 2.75) is 25.1 Å². The van der Waals surface area contributed by atoms with Crippen molar-refractivity contribution in [3.05, 3.63) is 18.5 Å². The van der Waals surface area contributed by atoms with Gasteiger partial charge in [-0.05, 0) is 12.0 Å². The zero-order chi connectivity index (χ0) is 13.5. The van der Waals surface area contributed by atoms with Crippen molar-refractivity contribution in [1.82, 2.24) is 15.1 Å². The summed E-state index contributed by atoms with van der Waals surface area (Å²) in [5, 5.41) is 7.71. The lowest BCUT2D eigenvalue weighted by Gasteiger charge is -2.20. The molecule has 0 saturated carbocycles. The van der Waals surface area contributed by atoms with Gasteiger partial charge in [0.05, 0.1) is 0 Å². The number of aromatic nitrogens is 2. The van der Waals surface area contributed by atoms with Gasteiger partial charge in [-0.15, -0.1) is 0 Å². The highest BCUT2D eigenvalue weighted by atomic mass is 32.2. The molecule has 0 aromatic carbocycles. The smallest absolute Gasteiger partial charge is 0.221 e. The molecule has 0 bridgehead atoms. The average molecular weight is 299 g/mol. The first kappa shape index (κ1) is 14.8. The van der Waals surface area contributed by atoms with Gasteiger partial charge in [-0.1, -0.05) is 6.92 Å². The number of thioether (sulfide) groups is 2. The van der Waals surface area contributed by atoms with Crippen LogP contribution in [0.5, 0.6) is 0 Å². The standard InChI is InChI=1S/C13H21N3OS2/c1-11(9-16-4-2-3-15-16)8-14-13(17)7-12-10-18-5-6-19-12/h2-4,11-12H,5-10H2,1H3,(H,14,17). The number of carbonyl (C=O) groups is 1. The molecule has 106 valence electrons. The normalized spacial score (nSPS) is 21.0. The van der Waals surface area contributed by atoms with Crippen LogP contribution in [0.2, 0.25) is 0 Å². The summed E-state index contributed by atoms with van der Waals surface area (Å²) in [5.41, 5.74) is 0. The second-order valence-corrected chi connectivity index (χ2v) is 7.47. The molecule has 1 aliphatic rings. The lowest BCUT2D eigenvalue weighted by molar-refractivity contribution is -0.121. The molecular weight excluding hydrogens is 278 g/mol. The number of nitrogens with one attached hydrogen (secondary N) is 1. The largest absolute Gasteiger partial charge is 0.356 e. The quantitative estimate of drug-likeness (QED) is 0.871. The van der Waals surface area contributed by atoms with Gasteiger partial charge in [0.15, 0.2) is 0 Å². The van der Waals surface area contributed by atoms with E-state index >= 15 is 0 Å². The minimum atomic E-state index is 0.187. The summed E-state index contributed by atoms with van der Waals surface area (Å²) in [6.07, 6.45) is 4.39. The van der Waals surface area contributed by atoms with Gasteiger partial charge < -0.3 is 5.32 Å². The fourth-order valence-electron chi connectivity index (χ4n) is 2.01. The van der Waals surface area contributed by atoms with Gasteiger partial charge in [-0.25, -0.2) is 0 Å². The second kappa shape index (κ2) is 7.85. The van der Waals surface area contributed by atoms with Crippen molar-refractivity contribution >= 4 is 29.4 Å². The third kappa shape index (κ3) is 5.48. The zero-order valence-corrected chi connectivity index (χ0v) is 12.9. The summed E-state index contributed by atoms with van der Waals surface area (Å²) in [4.78, 5) is 11.9. The molecule has 0 spiro atoms. The first-order valence-electron chi connectivity index (χ1n) is 6.67. The van der Waals surface area contributed by atoms with Gasteiger partial charge in [0.25, 0.3) is 0 Å². The van der Waals surface area contributed by atoms with Crippen molar-refractivity contribution in [2.24, 2.45) is 5.92 Å². The molecule has 1 amide bonds. The lowest BCUT2D eigenvalue weighted by Crippen LogP contribution is -2.32. The number of amides is 1. The third-order valence-electron chi connectivity index (χ3n) is 3.00. The average Bonchev–Trinajstić information content (AvgIpc) is 2.90. The Hall–Kier alpha value is -0.620. The molecule has 0 radical (unpaired) electrons. The van der Waals surface area contributed by atoms with E-state index in [-0.39, 0.29) is 5.91 Å². The Bertz CT molecular complexity index is 377. The molecule has 19 heavy (non-hydrogen) atoms. The maximum Gasteiger partial charge on any atom is 0.221 e. The first-order chi connectivity index (χ1) is 9.24. The highest BCUT2D eigenvalue weighted by molar-refractivity contribution is 8.06. The van der Waals surface area contributed by atoms with E-state index in [1.165, 1.54) is 11.5 Å². The van der Waals surface area contributed by atoms with Crippen LogP contribution in [-0.2, 0) is 11.3 Å². The molecule has 0 aliphatic carbocycles. The molecule has 1 N–H and O–H groups in total. The zero-order valence-electron chi connectivity index (χ0n) is 11.2. The third-order valence-corrected chi connectivity index (χ3v) is 5.85. The van der Waals surface area contributed by atoms with Gasteiger partial charge in [0, 0.05) is 54.4 Å². The number of hydrogen-bond acceptors (Lipinski definition) is 4. The molecule has 6 heteroatoms. The molecule has 2 rings (SSSR count). The predicted octanol–water partition coefficient (Wildman–Crippen LogP) is 1.87. The number of hydrogen-bond donors (Lipinski definition) is 1. The maximum atomic E-state index is 11.9. The van der Waals surface area contributed by atoms with E-state index in [1.54, 1.807) is 6.20 Å². The molecule has 2 heterocycles. The second-order valence-electron chi connectivity index (χ2n) is 4.91. The summed E-state index contributed by atoms with van der Waals surface area (Å²) >= 11 is 3.89. The fraction of sp³-hybridized carbons (Fsp3) is 0.692. The van der Waals surface area contributed by atoms with Crippen LogP contribution in [-0.4, -0.2) is 44.7 Å². The van der Waals surface area contributed by atoms with E-state index in [0.717, 1.165) is 18.8 Å². The fourth-order valence-corrected chi connectivity index (χ4v) is 4.69. The van der Waals surface area contributed by atoms with Crippen LogP contribution < -0.4 is 5.32 Å². The lowest BCUT2D eigenvalue weighted by atomic mass is 10.2.